The lowest BCUT2D eigenvalue weighted by Gasteiger charge is -2.30. The summed E-state index contributed by atoms with van der Waals surface area (Å²) < 4.78 is 13.4. The molecule has 1 unspecified atom stereocenters. The molecule has 0 radical (unpaired) electrons. The Bertz CT molecular complexity index is 420. The molecule has 0 bridgehead atoms. The molecular formula is C13H18Br2N2O2. The molecule has 0 amide bonds. The molecule has 1 atom stereocenters. The Morgan fingerprint density at radius 3 is 2.68 bits per heavy atom. The maximum absolute atomic E-state index is 5.87. The molecule has 6 heteroatoms. The number of ether oxygens (including phenoxy) is 2. The van der Waals surface area contributed by atoms with Gasteiger partial charge >= 0.3 is 0 Å². The van der Waals surface area contributed by atoms with Crippen molar-refractivity contribution >= 4 is 31.9 Å². The van der Waals surface area contributed by atoms with Crippen LogP contribution in [0.25, 0.3) is 0 Å². The molecule has 1 aromatic carbocycles. The number of nitrogens with zero attached hydrogens (tertiary/aromatic N) is 1. The highest BCUT2D eigenvalue weighted by atomic mass is 79.9. The second-order valence-corrected chi connectivity index (χ2v) is 6.37. The average Bonchev–Trinajstić information content (AvgIpc) is 2.37. The molecule has 1 aromatic rings. The first kappa shape index (κ1) is 15.3. The third-order valence-corrected chi connectivity index (χ3v) is 4.23. The van der Waals surface area contributed by atoms with E-state index in [1.807, 2.05) is 12.1 Å². The van der Waals surface area contributed by atoms with E-state index in [2.05, 4.69) is 43.8 Å². The Kier molecular flexibility index (Phi) is 5.65. The lowest BCUT2D eigenvalue weighted by atomic mass is 10.2. The van der Waals surface area contributed by atoms with Crippen molar-refractivity contribution < 1.29 is 9.47 Å². The van der Waals surface area contributed by atoms with Crippen LogP contribution in [0, 0.1) is 0 Å². The van der Waals surface area contributed by atoms with Crippen LogP contribution in [0.3, 0.4) is 0 Å². The summed E-state index contributed by atoms with van der Waals surface area (Å²) in [6.07, 6.45) is 0.117. The molecule has 1 aliphatic heterocycles. The van der Waals surface area contributed by atoms with Gasteiger partial charge in [0.15, 0.2) is 0 Å². The van der Waals surface area contributed by atoms with Gasteiger partial charge in [-0.25, -0.2) is 0 Å². The van der Waals surface area contributed by atoms with Crippen LogP contribution in [0.4, 0.5) is 0 Å². The first-order valence-electron chi connectivity index (χ1n) is 6.21. The van der Waals surface area contributed by atoms with E-state index in [-0.39, 0.29) is 6.10 Å². The van der Waals surface area contributed by atoms with E-state index in [9.17, 15) is 0 Å². The molecule has 0 spiro atoms. The van der Waals surface area contributed by atoms with Crippen LogP contribution in [0.1, 0.15) is 5.56 Å². The molecule has 19 heavy (non-hydrogen) atoms. The van der Waals surface area contributed by atoms with Gasteiger partial charge in [0, 0.05) is 19.6 Å². The molecule has 1 fully saturated rings. The number of hydrogen-bond acceptors (Lipinski definition) is 4. The Morgan fingerprint density at radius 2 is 2.11 bits per heavy atom. The summed E-state index contributed by atoms with van der Waals surface area (Å²) in [4.78, 5) is 2.25. The smallest absolute Gasteiger partial charge is 0.147 e. The summed E-state index contributed by atoms with van der Waals surface area (Å²) in [5.74, 6) is 0.800. The molecular weight excluding hydrogens is 376 g/mol. The van der Waals surface area contributed by atoms with E-state index in [0.29, 0.717) is 13.2 Å². The molecule has 106 valence electrons. The largest absolute Gasteiger partial charge is 0.488 e. The number of morpholine rings is 1. The topological polar surface area (TPSA) is 47.7 Å². The molecule has 1 saturated heterocycles. The zero-order chi connectivity index (χ0) is 13.8. The second kappa shape index (κ2) is 7.04. The van der Waals surface area contributed by atoms with E-state index < -0.39 is 0 Å². The zero-order valence-corrected chi connectivity index (χ0v) is 14.0. The van der Waals surface area contributed by atoms with Crippen molar-refractivity contribution in [3.63, 3.8) is 0 Å². The van der Waals surface area contributed by atoms with Crippen molar-refractivity contribution in [2.24, 2.45) is 5.73 Å². The van der Waals surface area contributed by atoms with Crippen molar-refractivity contribution in [1.82, 2.24) is 4.90 Å². The predicted octanol–water partition coefficient (Wildman–Crippen LogP) is 2.38. The van der Waals surface area contributed by atoms with Gasteiger partial charge in [0.25, 0.3) is 0 Å². The van der Waals surface area contributed by atoms with E-state index in [0.717, 1.165) is 40.0 Å². The van der Waals surface area contributed by atoms with E-state index >= 15 is 0 Å². The van der Waals surface area contributed by atoms with E-state index in [1.54, 1.807) is 0 Å². The molecule has 2 rings (SSSR count). The second-order valence-electron chi connectivity index (χ2n) is 4.66. The van der Waals surface area contributed by atoms with Gasteiger partial charge in [-0.1, -0.05) is 0 Å². The summed E-state index contributed by atoms with van der Waals surface area (Å²) in [5, 5.41) is 0. The average molecular weight is 394 g/mol. The number of hydrogen-bond donors (Lipinski definition) is 1. The Labute approximate surface area is 130 Å². The maximum atomic E-state index is 5.87. The highest BCUT2D eigenvalue weighted by molar-refractivity contribution is 9.11. The number of likely N-dealkylation sites (N-methyl/N-ethyl adjacent to an activating group) is 1. The van der Waals surface area contributed by atoms with Gasteiger partial charge in [-0.3, -0.25) is 0 Å². The normalized spacial score (nSPS) is 20.5. The van der Waals surface area contributed by atoms with Gasteiger partial charge < -0.3 is 20.1 Å². The number of halogens is 2. The van der Waals surface area contributed by atoms with Gasteiger partial charge in [0.1, 0.15) is 18.5 Å². The van der Waals surface area contributed by atoms with Crippen LogP contribution >= 0.6 is 31.9 Å². The Balaban J connectivity index is 1.99. The van der Waals surface area contributed by atoms with Crippen molar-refractivity contribution in [3.8, 4) is 5.75 Å². The predicted molar refractivity (Wildman–Crippen MR) is 82.5 cm³/mol. The van der Waals surface area contributed by atoms with Crippen molar-refractivity contribution in [2.75, 3.05) is 33.4 Å². The fraction of sp³-hybridized carbons (Fsp3) is 0.538. The Hall–Kier alpha value is -0.140. The zero-order valence-electron chi connectivity index (χ0n) is 10.9. The summed E-state index contributed by atoms with van der Waals surface area (Å²) in [6, 6.07) is 3.96. The van der Waals surface area contributed by atoms with Crippen LogP contribution in [-0.2, 0) is 11.3 Å². The fourth-order valence-electron chi connectivity index (χ4n) is 2.01. The van der Waals surface area contributed by atoms with Crippen LogP contribution < -0.4 is 10.5 Å². The molecule has 2 N–H and O–H groups in total. The SMILES string of the molecule is CN1CCOC(COc2c(Br)cc(CN)cc2Br)C1. The van der Waals surface area contributed by atoms with Crippen LogP contribution in [0.15, 0.2) is 21.1 Å². The molecule has 0 saturated carbocycles. The summed E-state index contributed by atoms with van der Waals surface area (Å²) >= 11 is 7.03. The lowest BCUT2D eigenvalue weighted by Crippen LogP contribution is -2.42. The van der Waals surface area contributed by atoms with Crippen LogP contribution in [-0.4, -0.2) is 44.4 Å². The first-order valence-corrected chi connectivity index (χ1v) is 7.79. The molecule has 0 aromatic heterocycles. The highest BCUT2D eigenvalue weighted by Crippen LogP contribution is 2.34. The molecule has 1 aliphatic rings. The minimum Gasteiger partial charge on any atom is -0.488 e. The van der Waals surface area contributed by atoms with Crippen molar-refractivity contribution in [2.45, 2.75) is 12.6 Å². The summed E-state index contributed by atoms with van der Waals surface area (Å²) in [5.41, 5.74) is 6.69. The molecule has 0 aliphatic carbocycles. The highest BCUT2D eigenvalue weighted by Gasteiger charge is 2.19. The van der Waals surface area contributed by atoms with E-state index in [1.165, 1.54) is 0 Å². The van der Waals surface area contributed by atoms with Gasteiger partial charge in [-0.05, 0) is 56.6 Å². The van der Waals surface area contributed by atoms with E-state index in [4.69, 9.17) is 15.2 Å². The van der Waals surface area contributed by atoms with Crippen molar-refractivity contribution in [3.05, 3.63) is 26.6 Å². The van der Waals surface area contributed by atoms with Gasteiger partial charge in [-0.2, -0.15) is 0 Å². The molecule has 4 nitrogen and oxygen atoms in total. The minimum absolute atomic E-state index is 0.117. The standard InChI is InChI=1S/C13H18Br2N2O2/c1-17-2-3-18-10(7-17)8-19-13-11(14)4-9(6-16)5-12(13)15/h4-5,10H,2-3,6-8,16H2,1H3. The van der Waals surface area contributed by atoms with Crippen LogP contribution in [0.2, 0.25) is 0 Å². The third-order valence-electron chi connectivity index (χ3n) is 3.05. The fourth-order valence-corrected chi connectivity index (χ4v) is 3.52. The third kappa shape index (κ3) is 4.16. The van der Waals surface area contributed by atoms with Gasteiger partial charge in [0.05, 0.1) is 15.6 Å². The maximum Gasteiger partial charge on any atom is 0.147 e. The summed E-state index contributed by atoms with van der Waals surface area (Å²) in [6.45, 7) is 3.70. The number of benzene rings is 1. The minimum atomic E-state index is 0.117. The van der Waals surface area contributed by atoms with Gasteiger partial charge in [-0.15, -0.1) is 0 Å². The molecule has 1 heterocycles. The quantitative estimate of drug-likeness (QED) is 0.853. The first-order chi connectivity index (χ1) is 9.10. The Morgan fingerprint density at radius 1 is 1.42 bits per heavy atom. The number of rotatable bonds is 4. The summed E-state index contributed by atoms with van der Waals surface area (Å²) in [7, 11) is 2.09. The van der Waals surface area contributed by atoms with Crippen molar-refractivity contribution in [1.29, 1.82) is 0 Å². The number of nitrogens with two attached hydrogens (primary N) is 1. The van der Waals surface area contributed by atoms with Crippen LogP contribution in [0.5, 0.6) is 5.75 Å². The lowest BCUT2D eigenvalue weighted by molar-refractivity contribution is -0.0405. The van der Waals surface area contributed by atoms with Gasteiger partial charge in [0.2, 0.25) is 0 Å². The monoisotopic (exact) mass is 392 g/mol.